The van der Waals surface area contributed by atoms with Crippen LogP contribution in [0.15, 0.2) is 55.9 Å². The normalized spacial score (nSPS) is 12.5. The molecular formula is C16H13N5O4S. The molecule has 0 saturated carbocycles. The summed E-state index contributed by atoms with van der Waals surface area (Å²) in [6.07, 6.45) is 0. The lowest BCUT2D eigenvalue weighted by Gasteiger charge is -1.97. The number of hydrogen-bond acceptors (Lipinski definition) is 7. The quantitative estimate of drug-likeness (QED) is 0.472. The van der Waals surface area contributed by atoms with Gasteiger partial charge >= 0.3 is 0 Å². The van der Waals surface area contributed by atoms with E-state index in [2.05, 4.69) is 20.2 Å². The van der Waals surface area contributed by atoms with E-state index in [9.17, 15) is 13.5 Å². The van der Waals surface area contributed by atoms with Crippen molar-refractivity contribution in [3.8, 4) is 5.88 Å². The minimum Gasteiger partial charge on any atom is -0.493 e. The molecule has 9 nitrogen and oxygen atoms in total. The molecule has 10 heteroatoms. The highest BCUT2D eigenvalue weighted by Gasteiger charge is 2.14. The molecule has 4 N–H and O–H groups in total. The smallest absolute Gasteiger partial charge is 0.238 e. The van der Waals surface area contributed by atoms with E-state index in [0.29, 0.717) is 33.6 Å². The summed E-state index contributed by atoms with van der Waals surface area (Å²) in [5, 5.41) is 23.9. The third-order valence-electron chi connectivity index (χ3n) is 3.80. The molecule has 0 saturated heterocycles. The van der Waals surface area contributed by atoms with Gasteiger partial charge in [0.2, 0.25) is 15.9 Å². The van der Waals surface area contributed by atoms with Gasteiger partial charge in [0.1, 0.15) is 5.52 Å². The van der Waals surface area contributed by atoms with Crippen molar-refractivity contribution in [1.29, 1.82) is 0 Å². The summed E-state index contributed by atoms with van der Waals surface area (Å²) in [6.45, 7) is 1.75. The van der Waals surface area contributed by atoms with Gasteiger partial charge in [0.15, 0.2) is 17.2 Å². The average Bonchev–Trinajstić information content (AvgIpc) is 3.07. The Kier molecular flexibility index (Phi) is 3.53. The number of primary sulfonamides is 1. The molecule has 0 fully saturated rings. The first-order valence-electron chi connectivity index (χ1n) is 7.48. The number of aromatic amines is 1. The summed E-state index contributed by atoms with van der Waals surface area (Å²) < 4.78 is 28.0. The van der Waals surface area contributed by atoms with Crippen LogP contribution in [0.3, 0.4) is 0 Å². The van der Waals surface area contributed by atoms with Gasteiger partial charge in [-0.3, -0.25) is 0 Å². The number of rotatable bonds is 3. The number of nitrogens with two attached hydrogens (primary N) is 1. The van der Waals surface area contributed by atoms with Crippen LogP contribution >= 0.6 is 0 Å². The Morgan fingerprint density at radius 3 is 2.62 bits per heavy atom. The molecule has 0 spiro atoms. The largest absolute Gasteiger partial charge is 0.493 e. The predicted octanol–water partition coefficient (Wildman–Crippen LogP) is 3.39. The highest BCUT2D eigenvalue weighted by atomic mass is 32.2. The number of aryl methyl sites for hydroxylation is 1. The molecule has 2 heterocycles. The Labute approximate surface area is 147 Å². The van der Waals surface area contributed by atoms with Crippen LogP contribution in [0.2, 0.25) is 0 Å². The number of benzene rings is 2. The number of sulfonamides is 1. The van der Waals surface area contributed by atoms with Gasteiger partial charge in [-0.15, -0.1) is 5.11 Å². The van der Waals surface area contributed by atoms with Gasteiger partial charge < -0.3 is 14.5 Å². The zero-order chi connectivity index (χ0) is 18.5. The molecule has 2 aromatic heterocycles. The van der Waals surface area contributed by atoms with Crippen LogP contribution in [-0.4, -0.2) is 23.5 Å². The first-order chi connectivity index (χ1) is 12.3. The van der Waals surface area contributed by atoms with Crippen molar-refractivity contribution in [1.82, 2.24) is 9.97 Å². The molecule has 4 aromatic rings. The van der Waals surface area contributed by atoms with E-state index in [1.54, 1.807) is 19.1 Å². The fourth-order valence-electron chi connectivity index (χ4n) is 2.61. The number of hydrogen-bond donors (Lipinski definition) is 3. The third kappa shape index (κ3) is 2.80. The highest BCUT2D eigenvalue weighted by molar-refractivity contribution is 7.89. The molecule has 2 aromatic carbocycles. The number of nitrogens with one attached hydrogen (secondary N) is 1. The lowest BCUT2D eigenvalue weighted by Crippen LogP contribution is -2.11. The van der Waals surface area contributed by atoms with E-state index in [1.165, 1.54) is 24.3 Å². The van der Waals surface area contributed by atoms with Crippen LogP contribution in [-0.2, 0) is 10.0 Å². The monoisotopic (exact) mass is 371 g/mol. The van der Waals surface area contributed by atoms with Gasteiger partial charge in [0.25, 0.3) is 0 Å². The Morgan fingerprint density at radius 1 is 1.19 bits per heavy atom. The van der Waals surface area contributed by atoms with Crippen molar-refractivity contribution in [2.75, 3.05) is 0 Å². The Bertz CT molecular complexity index is 1270. The average molecular weight is 371 g/mol. The SMILES string of the molecule is Cc1nc2cc3c(N=Nc4ccc(S(N)(=O)=O)cc4)c(O)[nH]c3cc2o1. The van der Waals surface area contributed by atoms with Gasteiger partial charge in [0, 0.05) is 18.4 Å². The summed E-state index contributed by atoms with van der Waals surface area (Å²) in [6, 6.07) is 9.07. The Morgan fingerprint density at radius 2 is 1.92 bits per heavy atom. The van der Waals surface area contributed by atoms with Gasteiger partial charge in [0.05, 0.1) is 16.1 Å². The number of nitrogens with zero attached hydrogens (tertiary/aromatic N) is 3. The molecule has 26 heavy (non-hydrogen) atoms. The number of aromatic nitrogens is 2. The van der Waals surface area contributed by atoms with E-state index in [1.807, 2.05) is 0 Å². The second-order valence-corrected chi connectivity index (χ2v) is 7.22. The van der Waals surface area contributed by atoms with Crippen LogP contribution < -0.4 is 5.14 Å². The van der Waals surface area contributed by atoms with Gasteiger partial charge in [-0.05, 0) is 30.3 Å². The van der Waals surface area contributed by atoms with Gasteiger partial charge in [-0.2, -0.15) is 5.11 Å². The van der Waals surface area contributed by atoms with Crippen LogP contribution in [0, 0.1) is 6.92 Å². The van der Waals surface area contributed by atoms with Gasteiger partial charge in [-0.25, -0.2) is 18.5 Å². The molecule has 0 radical (unpaired) electrons. The summed E-state index contributed by atoms with van der Waals surface area (Å²) in [4.78, 5) is 7.06. The fourth-order valence-corrected chi connectivity index (χ4v) is 3.13. The van der Waals surface area contributed by atoms with Crippen molar-refractivity contribution in [2.24, 2.45) is 15.4 Å². The topological polar surface area (TPSA) is 147 Å². The molecule has 0 aliphatic heterocycles. The molecule has 0 bridgehead atoms. The number of aromatic hydroxyl groups is 1. The van der Waals surface area contributed by atoms with E-state index in [-0.39, 0.29) is 16.5 Å². The summed E-state index contributed by atoms with van der Waals surface area (Å²) >= 11 is 0. The molecular weight excluding hydrogens is 358 g/mol. The lowest BCUT2D eigenvalue weighted by molar-refractivity contribution is 0.459. The molecule has 0 amide bonds. The van der Waals surface area contributed by atoms with Crippen molar-refractivity contribution in [3.63, 3.8) is 0 Å². The second-order valence-electron chi connectivity index (χ2n) is 5.66. The zero-order valence-electron chi connectivity index (χ0n) is 13.5. The molecule has 0 aliphatic rings. The Hall–Kier alpha value is -3.24. The minimum atomic E-state index is -3.77. The van der Waals surface area contributed by atoms with Crippen molar-refractivity contribution >= 4 is 43.4 Å². The molecule has 0 atom stereocenters. The number of fused-ring (bicyclic) bond motifs is 2. The molecule has 0 aliphatic carbocycles. The number of azo groups is 1. The molecule has 0 unspecified atom stereocenters. The maximum atomic E-state index is 11.3. The predicted molar refractivity (Wildman–Crippen MR) is 94.3 cm³/mol. The zero-order valence-corrected chi connectivity index (χ0v) is 14.3. The van der Waals surface area contributed by atoms with E-state index >= 15 is 0 Å². The molecule has 4 rings (SSSR count). The fraction of sp³-hybridized carbons (Fsp3) is 0.0625. The summed E-state index contributed by atoms with van der Waals surface area (Å²) in [5.41, 5.74) is 2.52. The highest BCUT2D eigenvalue weighted by Crippen LogP contribution is 2.38. The van der Waals surface area contributed by atoms with Crippen LogP contribution in [0.4, 0.5) is 11.4 Å². The second kappa shape index (κ2) is 5.64. The Balaban J connectivity index is 1.75. The standard InChI is InChI=1S/C16H13N5O4S/c1-8-18-13-6-11-12(7-14(13)25-8)19-16(22)15(11)21-20-9-2-4-10(5-3-9)26(17,23)24/h2-7,19,22H,1H3,(H2,17,23,24). The van der Waals surface area contributed by atoms with E-state index in [0.717, 1.165) is 0 Å². The van der Waals surface area contributed by atoms with Crippen molar-refractivity contribution < 1.29 is 17.9 Å². The molecule has 132 valence electrons. The minimum absolute atomic E-state index is 0.0183. The lowest BCUT2D eigenvalue weighted by atomic mass is 10.2. The summed E-state index contributed by atoms with van der Waals surface area (Å²) in [5.74, 6) is 0.393. The van der Waals surface area contributed by atoms with Crippen LogP contribution in [0.5, 0.6) is 5.88 Å². The number of oxazole rings is 1. The summed E-state index contributed by atoms with van der Waals surface area (Å²) in [7, 11) is -3.77. The van der Waals surface area contributed by atoms with Gasteiger partial charge in [-0.1, -0.05) is 0 Å². The van der Waals surface area contributed by atoms with Crippen molar-refractivity contribution in [3.05, 3.63) is 42.3 Å². The van der Waals surface area contributed by atoms with Crippen molar-refractivity contribution in [2.45, 2.75) is 11.8 Å². The van der Waals surface area contributed by atoms with Crippen LogP contribution in [0.25, 0.3) is 22.0 Å². The first-order valence-corrected chi connectivity index (χ1v) is 9.02. The van der Waals surface area contributed by atoms with Crippen LogP contribution in [0.1, 0.15) is 5.89 Å². The third-order valence-corrected chi connectivity index (χ3v) is 4.73. The maximum Gasteiger partial charge on any atom is 0.238 e. The first kappa shape index (κ1) is 16.2. The van der Waals surface area contributed by atoms with E-state index < -0.39 is 10.0 Å². The van der Waals surface area contributed by atoms with E-state index in [4.69, 9.17) is 9.56 Å². The number of H-pyrrole nitrogens is 1. The maximum absolute atomic E-state index is 11.3.